The van der Waals surface area contributed by atoms with Crippen molar-refractivity contribution in [2.24, 2.45) is 11.3 Å². The molecule has 0 bridgehead atoms. The Bertz CT molecular complexity index is 227. The molecular weight excluding hydrogens is 220 g/mol. The molecule has 2 nitrogen and oxygen atoms in total. The minimum atomic E-state index is 0.431. The highest BCUT2D eigenvalue weighted by molar-refractivity contribution is 4.83. The number of likely N-dealkylation sites (tertiary alicyclic amines) is 1. The molecule has 0 aliphatic carbocycles. The summed E-state index contributed by atoms with van der Waals surface area (Å²) < 4.78 is 0. The van der Waals surface area contributed by atoms with Gasteiger partial charge in [0.1, 0.15) is 0 Å². The van der Waals surface area contributed by atoms with Gasteiger partial charge in [0.05, 0.1) is 0 Å². The van der Waals surface area contributed by atoms with Crippen LogP contribution in [0.5, 0.6) is 0 Å². The van der Waals surface area contributed by atoms with Crippen molar-refractivity contribution in [3.05, 3.63) is 0 Å². The molecule has 0 radical (unpaired) electrons. The van der Waals surface area contributed by atoms with Crippen molar-refractivity contribution in [2.75, 3.05) is 26.2 Å². The SMILES string of the molecule is CCC(C)(CNCC(C)C)CN1CCCCC1C. The standard InChI is InChI=1S/C16H34N2/c1-6-16(5,12-17-11-14(2)3)13-18-10-8-7-9-15(18)4/h14-15,17H,6-13H2,1-5H3. The highest BCUT2D eigenvalue weighted by atomic mass is 15.2. The molecule has 1 aliphatic rings. The molecule has 18 heavy (non-hydrogen) atoms. The zero-order valence-electron chi connectivity index (χ0n) is 13.3. The lowest BCUT2D eigenvalue weighted by Crippen LogP contribution is -2.47. The van der Waals surface area contributed by atoms with Crippen LogP contribution in [0.1, 0.15) is 60.3 Å². The third-order valence-electron chi connectivity index (χ3n) is 4.48. The van der Waals surface area contributed by atoms with Gasteiger partial charge in [-0.3, -0.25) is 0 Å². The van der Waals surface area contributed by atoms with Gasteiger partial charge in [0.15, 0.2) is 0 Å². The second-order valence-electron chi connectivity index (χ2n) is 7.00. The average Bonchev–Trinajstić information content (AvgIpc) is 2.32. The van der Waals surface area contributed by atoms with E-state index in [1.54, 1.807) is 0 Å². The van der Waals surface area contributed by atoms with Crippen LogP contribution in [0.4, 0.5) is 0 Å². The van der Waals surface area contributed by atoms with Crippen LogP contribution >= 0.6 is 0 Å². The van der Waals surface area contributed by atoms with Crippen molar-refractivity contribution in [3.63, 3.8) is 0 Å². The second kappa shape index (κ2) is 7.49. The van der Waals surface area contributed by atoms with E-state index in [0.29, 0.717) is 5.41 Å². The second-order valence-corrected chi connectivity index (χ2v) is 7.00. The number of hydrogen-bond donors (Lipinski definition) is 1. The van der Waals surface area contributed by atoms with Gasteiger partial charge in [-0.1, -0.05) is 34.1 Å². The van der Waals surface area contributed by atoms with Gasteiger partial charge in [0.25, 0.3) is 0 Å². The molecule has 0 spiro atoms. The number of piperidine rings is 1. The number of hydrogen-bond acceptors (Lipinski definition) is 2. The zero-order valence-corrected chi connectivity index (χ0v) is 13.3. The van der Waals surface area contributed by atoms with Crippen LogP contribution in [0.3, 0.4) is 0 Å². The fourth-order valence-corrected chi connectivity index (χ4v) is 2.84. The van der Waals surface area contributed by atoms with Crippen LogP contribution in [0.2, 0.25) is 0 Å². The smallest absolute Gasteiger partial charge is 0.00671 e. The lowest BCUT2D eigenvalue weighted by Gasteiger charge is -2.40. The summed E-state index contributed by atoms with van der Waals surface area (Å²) in [6, 6.07) is 0.787. The summed E-state index contributed by atoms with van der Waals surface area (Å²) in [6.07, 6.45) is 5.47. The van der Waals surface area contributed by atoms with Gasteiger partial charge in [0.2, 0.25) is 0 Å². The van der Waals surface area contributed by atoms with E-state index in [-0.39, 0.29) is 0 Å². The molecule has 0 aromatic carbocycles. The van der Waals surface area contributed by atoms with Crippen LogP contribution in [0, 0.1) is 11.3 Å². The van der Waals surface area contributed by atoms with Gasteiger partial charge >= 0.3 is 0 Å². The van der Waals surface area contributed by atoms with Gasteiger partial charge < -0.3 is 10.2 Å². The Hall–Kier alpha value is -0.0800. The first-order valence-corrected chi connectivity index (χ1v) is 7.91. The van der Waals surface area contributed by atoms with E-state index in [4.69, 9.17) is 0 Å². The van der Waals surface area contributed by atoms with Gasteiger partial charge in [-0.2, -0.15) is 0 Å². The van der Waals surface area contributed by atoms with Crippen LogP contribution in [0.15, 0.2) is 0 Å². The lowest BCUT2D eigenvalue weighted by molar-refractivity contribution is 0.0927. The molecule has 108 valence electrons. The van der Waals surface area contributed by atoms with E-state index in [1.807, 2.05) is 0 Å². The summed E-state index contributed by atoms with van der Waals surface area (Å²) in [5.74, 6) is 0.750. The number of nitrogens with one attached hydrogen (secondary N) is 1. The molecule has 0 aromatic heterocycles. The van der Waals surface area contributed by atoms with E-state index < -0.39 is 0 Å². The lowest BCUT2D eigenvalue weighted by atomic mass is 9.85. The fourth-order valence-electron chi connectivity index (χ4n) is 2.84. The Labute approximate surface area is 115 Å². The number of rotatable bonds is 7. The Morgan fingerprint density at radius 2 is 2.06 bits per heavy atom. The summed E-state index contributed by atoms with van der Waals surface area (Å²) in [5, 5.41) is 3.65. The maximum absolute atomic E-state index is 3.65. The Morgan fingerprint density at radius 1 is 1.33 bits per heavy atom. The topological polar surface area (TPSA) is 15.3 Å². The van der Waals surface area contributed by atoms with E-state index in [2.05, 4.69) is 44.8 Å². The van der Waals surface area contributed by atoms with E-state index in [0.717, 1.165) is 25.0 Å². The van der Waals surface area contributed by atoms with Crippen molar-refractivity contribution < 1.29 is 0 Å². The van der Waals surface area contributed by atoms with Gasteiger partial charge in [-0.15, -0.1) is 0 Å². The molecule has 2 unspecified atom stereocenters. The van der Waals surface area contributed by atoms with Crippen molar-refractivity contribution in [1.82, 2.24) is 10.2 Å². The summed E-state index contributed by atoms with van der Waals surface area (Å²) in [7, 11) is 0. The van der Waals surface area contributed by atoms with Crippen LogP contribution in [0.25, 0.3) is 0 Å². The molecular formula is C16H34N2. The molecule has 2 atom stereocenters. The first-order valence-electron chi connectivity index (χ1n) is 7.91. The van der Waals surface area contributed by atoms with E-state index >= 15 is 0 Å². The largest absolute Gasteiger partial charge is 0.316 e. The first-order chi connectivity index (χ1) is 8.47. The Balaban J connectivity index is 2.42. The first kappa shape index (κ1) is 16.0. The molecule has 0 amide bonds. The van der Waals surface area contributed by atoms with Crippen molar-refractivity contribution in [3.8, 4) is 0 Å². The molecule has 1 heterocycles. The summed E-state index contributed by atoms with van der Waals surface area (Å²) >= 11 is 0. The predicted molar refractivity (Wildman–Crippen MR) is 81.0 cm³/mol. The molecule has 1 fully saturated rings. The molecule has 0 saturated carbocycles. The van der Waals surface area contributed by atoms with Gasteiger partial charge in [-0.05, 0) is 50.6 Å². The summed E-state index contributed by atoms with van der Waals surface area (Å²) in [4.78, 5) is 2.71. The minimum absolute atomic E-state index is 0.431. The summed E-state index contributed by atoms with van der Waals surface area (Å²) in [5.41, 5.74) is 0.431. The number of nitrogens with zero attached hydrogens (tertiary/aromatic N) is 1. The zero-order chi connectivity index (χ0) is 13.6. The van der Waals surface area contributed by atoms with Gasteiger partial charge in [0, 0.05) is 19.1 Å². The summed E-state index contributed by atoms with van der Waals surface area (Å²) in [6.45, 7) is 16.6. The maximum atomic E-state index is 3.65. The Kier molecular flexibility index (Phi) is 6.65. The predicted octanol–water partition coefficient (Wildman–Crippen LogP) is 3.52. The third kappa shape index (κ3) is 5.27. The fraction of sp³-hybridized carbons (Fsp3) is 1.00. The molecule has 0 aromatic rings. The normalized spacial score (nSPS) is 25.3. The molecule has 1 saturated heterocycles. The minimum Gasteiger partial charge on any atom is -0.316 e. The molecule has 2 heteroatoms. The van der Waals surface area contributed by atoms with Crippen molar-refractivity contribution in [2.45, 2.75) is 66.3 Å². The quantitative estimate of drug-likeness (QED) is 0.748. The molecule has 1 N–H and O–H groups in total. The molecule has 1 rings (SSSR count). The van der Waals surface area contributed by atoms with Crippen molar-refractivity contribution >= 4 is 0 Å². The van der Waals surface area contributed by atoms with Crippen molar-refractivity contribution in [1.29, 1.82) is 0 Å². The highest BCUT2D eigenvalue weighted by Crippen LogP contribution is 2.26. The Morgan fingerprint density at radius 3 is 2.61 bits per heavy atom. The van der Waals surface area contributed by atoms with E-state index in [1.165, 1.54) is 38.8 Å². The van der Waals surface area contributed by atoms with Crippen LogP contribution < -0.4 is 5.32 Å². The van der Waals surface area contributed by atoms with Gasteiger partial charge in [-0.25, -0.2) is 0 Å². The van der Waals surface area contributed by atoms with Crippen LogP contribution in [-0.4, -0.2) is 37.1 Å². The average molecular weight is 254 g/mol. The third-order valence-corrected chi connectivity index (χ3v) is 4.48. The van der Waals surface area contributed by atoms with E-state index in [9.17, 15) is 0 Å². The highest BCUT2D eigenvalue weighted by Gasteiger charge is 2.28. The van der Waals surface area contributed by atoms with Crippen LogP contribution in [-0.2, 0) is 0 Å². The molecule has 1 aliphatic heterocycles. The maximum Gasteiger partial charge on any atom is 0.00671 e. The monoisotopic (exact) mass is 254 g/mol.